The van der Waals surface area contributed by atoms with Crippen LogP contribution in [-0.2, 0) is 12.1 Å². The quantitative estimate of drug-likeness (QED) is 0.599. The predicted octanol–water partition coefficient (Wildman–Crippen LogP) is 4.93. The molecule has 1 aliphatic rings. The van der Waals surface area contributed by atoms with E-state index in [9.17, 15) is 4.79 Å². The number of nitrogens with zero attached hydrogens (tertiary/aromatic N) is 5. The minimum Gasteiger partial charge on any atom is -0.357 e. The van der Waals surface area contributed by atoms with Crippen LogP contribution in [0.4, 0.5) is 5.82 Å². The van der Waals surface area contributed by atoms with E-state index < -0.39 is 0 Å². The molecule has 3 aromatic rings. The topological polar surface area (TPSA) is 75.9 Å². The molecule has 1 saturated heterocycles. The number of piperidine rings is 1. The fourth-order valence-electron chi connectivity index (χ4n) is 4.36. The Morgan fingerprint density at radius 3 is 2.48 bits per heavy atom. The van der Waals surface area contributed by atoms with Crippen molar-refractivity contribution >= 4 is 22.8 Å². The molecule has 0 saturated carbocycles. The maximum absolute atomic E-state index is 13.3. The third-order valence-corrected chi connectivity index (χ3v) is 6.25. The number of carbonyl (C=O) groups is 1. The smallest absolute Gasteiger partial charge is 0.252 e. The van der Waals surface area contributed by atoms with Crippen LogP contribution in [0.1, 0.15) is 87.1 Å². The molecule has 0 unspecified atom stereocenters. The molecule has 176 valence electrons. The van der Waals surface area contributed by atoms with Crippen molar-refractivity contribution in [3.8, 4) is 0 Å². The molecule has 4 rings (SSSR count). The predicted molar refractivity (Wildman–Crippen MR) is 133 cm³/mol. The van der Waals surface area contributed by atoms with Crippen LogP contribution >= 0.6 is 0 Å². The highest BCUT2D eigenvalue weighted by Crippen LogP contribution is 2.29. The van der Waals surface area contributed by atoms with E-state index in [0.29, 0.717) is 12.1 Å². The Morgan fingerprint density at radius 2 is 1.88 bits per heavy atom. The Bertz CT molecular complexity index is 1130. The van der Waals surface area contributed by atoms with Gasteiger partial charge in [-0.3, -0.25) is 4.79 Å². The average Bonchev–Trinajstić information content (AvgIpc) is 3.15. The first-order valence-corrected chi connectivity index (χ1v) is 12.0. The Labute approximate surface area is 196 Å². The van der Waals surface area contributed by atoms with Crippen molar-refractivity contribution in [1.82, 2.24) is 25.1 Å². The number of carbonyl (C=O) groups excluding carboxylic acids is 1. The number of hydrogen-bond donors (Lipinski definition) is 1. The third-order valence-electron chi connectivity index (χ3n) is 6.25. The van der Waals surface area contributed by atoms with Gasteiger partial charge in [-0.15, -0.1) is 0 Å². The molecule has 3 aromatic heterocycles. The van der Waals surface area contributed by atoms with Gasteiger partial charge < -0.3 is 10.2 Å². The molecule has 1 amide bonds. The first-order chi connectivity index (χ1) is 15.6. The SMILES string of the molecule is Cc1nn(C(C)(C)C)c2nc(C(C)C)cc(C(=O)NCc3ccc(N4CCCCC4)nc3)c12. The normalized spacial score (nSPS) is 14.8. The van der Waals surface area contributed by atoms with E-state index in [1.807, 2.05) is 23.9 Å². The molecule has 7 nitrogen and oxygen atoms in total. The molecule has 7 heteroatoms. The van der Waals surface area contributed by atoms with Gasteiger partial charge in [0.2, 0.25) is 0 Å². The van der Waals surface area contributed by atoms with E-state index in [2.05, 4.69) is 62.0 Å². The van der Waals surface area contributed by atoms with Crippen molar-refractivity contribution in [2.75, 3.05) is 18.0 Å². The molecule has 4 heterocycles. The van der Waals surface area contributed by atoms with Gasteiger partial charge in [0.05, 0.1) is 22.2 Å². The minimum atomic E-state index is -0.232. The van der Waals surface area contributed by atoms with Crippen molar-refractivity contribution in [2.45, 2.75) is 78.8 Å². The molecule has 0 aromatic carbocycles. The average molecular weight is 449 g/mol. The maximum Gasteiger partial charge on any atom is 0.252 e. The minimum absolute atomic E-state index is 0.110. The molecule has 33 heavy (non-hydrogen) atoms. The molecule has 0 spiro atoms. The fraction of sp³-hybridized carbons (Fsp3) is 0.538. The zero-order valence-electron chi connectivity index (χ0n) is 20.8. The number of aryl methyl sites for hydroxylation is 1. The molecule has 0 aliphatic carbocycles. The lowest BCUT2D eigenvalue weighted by Gasteiger charge is -2.27. The second kappa shape index (κ2) is 9.12. The highest BCUT2D eigenvalue weighted by molar-refractivity contribution is 6.06. The van der Waals surface area contributed by atoms with Crippen LogP contribution < -0.4 is 10.2 Å². The van der Waals surface area contributed by atoms with Gasteiger partial charge in [0.15, 0.2) is 5.65 Å². The molecule has 0 bridgehead atoms. The van der Waals surface area contributed by atoms with E-state index in [1.54, 1.807) is 0 Å². The second-order valence-electron chi connectivity index (χ2n) is 10.4. The Morgan fingerprint density at radius 1 is 1.15 bits per heavy atom. The summed E-state index contributed by atoms with van der Waals surface area (Å²) >= 11 is 0. The zero-order valence-corrected chi connectivity index (χ0v) is 20.8. The summed E-state index contributed by atoms with van der Waals surface area (Å²) < 4.78 is 1.93. The van der Waals surface area contributed by atoms with Gasteiger partial charge in [0.1, 0.15) is 5.82 Å². The van der Waals surface area contributed by atoms with Crippen LogP contribution in [-0.4, -0.2) is 38.7 Å². The number of fused-ring (bicyclic) bond motifs is 1. The van der Waals surface area contributed by atoms with Crippen LogP contribution in [0.5, 0.6) is 0 Å². The molecular weight excluding hydrogens is 412 g/mol. The number of rotatable bonds is 5. The first kappa shape index (κ1) is 23.2. The largest absolute Gasteiger partial charge is 0.357 e. The zero-order chi connectivity index (χ0) is 23.8. The van der Waals surface area contributed by atoms with E-state index >= 15 is 0 Å². The summed E-state index contributed by atoms with van der Waals surface area (Å²) in [5, 5.41) is 8.65. The van der Waals surface area contributed by atoms with Gasteiger partial charge in [-0.05, 0) is 70.6 Å². The number of pyridine rings is 2. The Kier molecular flexibility index (Phi) is 6.41. The van der Waals surface area contributed by atoms with E-state index in [0.717, 1.165) is 46.9 Å². The summed E-state index contributed by atoms with van der Waals surface area (Å²) in [7, 11) is 0. The van der Waals surface area contributed by atoms with Gasteiger partial charge >= 0.3 is 0 Å². The number of amides is 1. The van der Waals surface area contributed by atoms with Crippen molar-refractivity contribution in [1.29, 1.82) is 0 Å². The van der Waals surface area contributed by atoms with Crippen LogP contribution in [0, 0.1) is 6.92 Å². The van der Waals surface area contributed by atoms with E-state index in [4.69, 9.17) is 10.1 Å². The highest BCUT2D eigenvalue weighted by atomic mass is 16.1. The first-order valence-electron chi connectivity index (χ1n) is 12.0. The van der Waals surface area contributed by atoms with Gasteiger partial charge in [-0.2, -0.15) is 5.10 Å². The molecular formula is C26H36N6O. The summed E-state index contributed by atoms with van der Waals surface area (Å²) in [5.74, 6) is 1.12. The van der Waals surface area contributed by atoms with Crippen LogP contribution in [0.3, 0.4) is 0 Å². The number of aromatic nitrogens is 4. The molecule has 0 atom stereocenters. The highest BCUT2D eigenvalue weighted by Gasteiger charge is 2.25. The summed E-state index contributed by atoms with van der Waals surface area (Å²) in [6, 6.07) is 6.04. The molecule has 0 radical (unpaired) electrons. The van der Waals surface area contributed by atoms with Gasteiger partial charge in [-0.1, -0.05) is 19.9 Å². The van der Waals surface area contributed by atoms with Crippen LogP contribution in [0.15, 0.2) is 24.4 Å². The van der Waals surface area contributed by atoms with Crippen molar-refractivity contribution in [3.05, 3.63) is 46.9 Å². The Balaban J connectivity index is 1.58. The lowest BCUT2D eigenvalue weighted by atomic mass is 10.0. The standard InChI is InChI=1S/C26H36N6O/c1-17(2)21-14-20(23-18(3)30-32(24(23)29-21)26(4,5)6)25(33)28-16-19-10-11-22(27-15-19)31-12-8-7-9-13-31/h10-11,14-15,17H,7-9,12-13,16H2,1-6H3,(H,28,33). The fourth-order valence-corrected chi connectivity index (χ4v) is 4.36. The van der Waals surface area contributed by atoms with Crippen molar-refractivity contribution in [2.24, 2.45) is 0 Å². The van der Waals surface area contributed by atoms with Crippen molar-refractivity contribution in [3.63, 3.8) is 0 Å². The van der Waals surface area contributed by atoms with Crippen LogP contribution in [0.2, 0.25) is 0 Å². The van der Waals surface area contributed by atoms with E-state index in [1.165, 1.54) is 19.3 Å². The number of hydrogen-bond acceptors (Lipinski definition) is 5. The van der Waals surface area contributed by atoms with E-state index in [-0.39, 0.29) is 17.4 Å². The van der Waals surface area contributed by atoms with Crippen LogP contribution in [0.25, 0.3) is 11.0 Å². The molecule has 1 N–H and O–H groups in total. The van der Waals surface area contributed by atoms with Gasteiger partial charge in [-0.25, -0.2) is 14.6 Å². The summed E-state index contributed by atoms with van der Waals surface area (Å²) in [6.07, 6.45) is 5.62. The van der Waals surface area contributed by atoms with Crippen molar-refractivity contribution < 1.29 is 4.79 Å². The third kappa shape index (κ3) is 4.87. The molecule has 1 fully saturated rings. The number of anilines is 1. The van der Waals surface area contributed by atoms with Gasteiger partial charge in [0.25, 0.3) is 5.91 Å². The number of nitrogens with one attached hydrogen (secondary N) is 1. The lowest BCUT2D eigenvalue weighted by molar-refractivity contribution is 0.0952. The Hall–Kier alpha value is -2.96. The van der Waals surface area contributed by atoms with Gasteiger partial charge in [0, 0.05) is 31.5 Å². The second-order valence-corrected chi connectivity index (χ2v) is 10.4. The lowest BCUT2D eigenvalue weighted by Crippen LogP contribution is -2.30. The monoisotopic (exact) mass is 448 g/mol. The summed E-state index contributed by atoms with van der Waals surface area (Å²) in [6.45, 7) is 15.0. The maximum atomic E-state index is 13.3. The summed E-state index contributed by atoms with van der Waals surface area (Å²) in [5.41, 5.74) is 3.87. The molecule has 1 aliphatic heterocycles. The summed E-state index contributed by atoms with van der Waals surface area (Å²) in [4.78, 5) is 25.2.